The third kappa shape index (κ3) is 5.25. The molecule has 0 aliphatic carbocycles. The number of benzene rings is 1. The fraction of sp³-hybridized carbons (Fsp3) is 0.533. The summed E-state index contributed by atoms with van der Waals surface area (Å²) in [4.78, 5) is 0. The van der Waals surface area contributed by atoms with Gasteiger partial charge in [-0.05, 0) is 48.0 Å². The monoisotopic (exact) mass is 371 g/mol. The zero-order chi connectivity index (χ0) is 17.4. The number of ether oxygens (including phenoxy) is 2. The van der Waals surface area contributed by atoms with Crippen LogP contribution in [-0.2, 0) is 13.6 Å². The Morgan fingerprint density at radius 1 is 1.38 bits per heavy atom. The molecule has 0 saturated carbocycles. The summed E-state index contributed by atoms with van der Waals surface area (Å²) in [6.07, 6.45) is 1.01. The van der Waals surface area contributed by atoms with E-state index in [1.165, 1.54) is 0 Å². The van der Waals surface area contributed by atoms with Gasteiger partial charge < -0.3 is 14.8 Å². The predicted molar refractivity (Wildman–Crippen MR) is 95.0 cm³/mol. The van der Waals surface area contributed by atoms with Crippen molar-refractivity contribution in [1.29, 1.82) is 0 Å². The number of tetrazole rings is 1. The number of nitrogens with one attached hydrogen (secondary N) is 1. The SMILES string of the molecule is CCOc1cc(CNCCCSc2nnnn2C)cc(Cl)c1OC. The minimum Gasteiger partial charge on any atom is -0.491 e. The number of hydrogen-bond acceptors (Lipinski definition) is 7. The van der Waals surface area contributed by atoms with Crippen molar-refractivity contribution in [3.63, 3.8) is 0 Å². The standard InChI is InChI=1S/C15H22ClN5O2S/c1-4-23-13-9-11(8-12(16)14(13)22-3)10-17-6-5-7-24-15-18-19-20-21(15)2/h8-9,17H,4-7,10H2,1-3H3. The zero-order valence-electron chi connectivity index (χ0n) is 14.1. The highest BCUT2D eigenvalue weighted by Crippen LogP contribution is 2.36. The molecule has 132 valence electrons. The van der Waals surface area contributed by atoms with Crippen LogP contribution < -0.4 is 14.8 Å². The van der Waals surface area contributed by atoms with Crippen molar-refractivity contribution in [2.45, 2.75) is 25.0 Å². The molecule has 1 aromatic carbocycles. The van der Waals surface area contributed by atoms with Gasteiger partial charge in [0.1, 0.15) is 0 Å². The molecule has 0 spiro atoms. The van der Waals surface area contributed by atoms with Crippen LogP contribution in [0.1, 0.15) is 18.9 Å². The first-order valence-electron chi connectivity index (χ1n) is 7.70. The number of aryl methyl sites for hydroxylation is 1. The van der Waals surface area contributed by atoms with Crippen molar-refractivity contribution < 1.29 is 9.47 Å². The van der Waals surface area contributed by atoms with E-state index in [2.05, 4.69) is 20.8 Å². The molecule has 7 nitrogen and oxygen atoms in total. The summed E-state index contributed by atoms with van der Waals surface area (Å²) >= 11 is 7.89. The van der Waals surface area contributed by atoms with Crippen molar-refractivity contribution >= 4 is 23.4 Å². The lowest BCUT2D eigenvalue weighted by molar-refractivity contribution is 0.310. The van der Waals surface area contributed by atoms with Crippen LogP contribution in [0.3, 0.4) is 0 Å². The minimum absolute atomic E-state index is 0.561. The molecule has 0 aliphatic heterocycles. The second kappa shape index (κ2) is 9.71. The van der Waals surface area contributed by atoms with Gasteiger partial charge in [-0.1, -0.05) is 23.4 Å². The van der Waals surface area contributed by atoms with Crippen LogP contribution in [0.5, 0.6) is 11.5 Å². The molecule has 0 amide bonds. The molecule has 0 radical (unpaired) electrons. The molecule has 2 rings (SSSR count). The molecule has 1 heterocycles. The molecular formula is C15H22ClN5O2S. The van der Waals surface area contributed by atoms with Crippen molar-refractivity contribution in [2.75, 3.05) is 26.0 Å². The fourth-order valence-electron chi connectivity index (χ4n) is 2.12. The summed E-state index contributed by atoms with van der Waals surface area (Å²) in [5.41, 5.74) is 1.06. The number of halogens is 1. The quantitative estimate of drug-likeness (QED) is 0.508. The molecular weight excluding hydrogens is 350 g/mol. The molecule has 1 N–H and O–H groups in total. The van der Waals surface area contributed by atoms with Gasteiger partial charge in [-0.3, -0.25) is 0 Å². The molecule has 9 heteroatoms. The van der Waals surface area contributed by atoms with E-state index in [9.17, 15) is 0 Å². The average Bonchev–Trinajstić information content (AvgIpc) is 2.96. The molecule has 0 unspecified atom stereocenters. The van der Waals surface area contributed by atoms with Gasteiger partial charge in [-0.25, -0.2) is 4.68 Å². The van der Waals surface area contributed by atoms with E-state index in [4.69, 9.17) is 21.1 Å². The lowest BCUT2D eigenvalue weighted by Gasteiger charge is -2.13. The maximum Gasteiger partial charge on any atom is 0.209 e. The van der Waals surface area contributed by atoms with Crippen LogP contribution >= 0.6 is 23.4 Å². The van der Waals surface area contributed by atoms with E-state index in [0.717, 1.165) is 36.0 Å². The Labute approximate surface area is 151 Å². The summed E-state index contributed by atoms with van der Waals surface area (Å²) in [5.74, 6) is 2.21. The summed E-state index contributed by atoms with van der Waals surface area (Å²) in [6.45, 7) is 4.12. The Bertz CT molecular complexity index is 653. The second-order valence-electron chi connectivity index (χ2n) is 5.01. The van der Waals surface area contributed by atoms with Crippen LogP contribution in [0.2, 0.25) is 5.02 Å². The normalized spacial score (nSPS) is 10.8. The van der Waals surface area contributed by atoms with Crippen LogP contribution in [-0.4, -0.2) is 46.2 Å². The summed E-state index contributed by atoms with van der Waals surface area (Å²) < 4.78 is 12.5. The van der Waals surface area contributed by atoms with Gasteiger partial charge in [0.05, 0.1) is 18.7 Å². The van der Waals surface area contributed by atoms with Gasteiger partial charge in [0.15, 0.2) is 11.5 Å². The molecule has 0 atom stereocenters. The highest BCUT2D eigenvalue weighted by Gasteiger charge is 2.11. The maximum absolute atomic E-state index is 6.25. The van der Waals surface area contributed by atoms with Gasteiger partial charge in [0.25, 0.3) is 0 Å². The van der Waals surface area contributed by atoms with Crippen LogP contribution in [0.4, 0.5) is 0 Å². The van der Waals surface area contributed by atoms with Gasteiger partial charge in [0.2, 0.25) is 5.16 Å². The van der Waals surface area contributed by atoms with E-state index < -0.39 is 0 Å². The second-order valence-corrected chi connectivity index (χ2v) is 6.48. The largest absolute Gasteiger partial charge is 0.491 e. The predicted octanol–water partition coefficient (Wildman–Crippen LogP) is 2.54. The van der Waals surface area contributed by atoms with E-state index in [0.29, 0.717) is 23.1 Å². The van der Waals surface area contributed by atoms with E-state index in [1.807, 2.05) is 26.1 Å². The van der Waals surface area contributed by atoms with Crippen LogP contribution in [0.15, 0.2) is 17.3 Å². The number of methoxy groups -OCH3 is 1. The Morgan fingerprint density at radius 3 is 2.88 bits per heavy atom. The highest BCUT2D eigenvalue weighted by molar-refractivity contribution is 7.99. The first-order valence-corrected chi connectivity index (χ1v) is 9.07. The Balaban J connectivity index is 1.76. The smallest absolute Gasteiger partial charge is 0.209 e. The van der Waals surface area contributed by atoms with Crippen LogP contribution in [0.25, 0.3) is 0 Å². The molecule has 0 fully saturated rings. The number of rotatable bonds is 10. The molecule has 2 aromatic rings. The zero-order valence-corrected chi connectivity index (χ0v) is 15.7. The van der Waals surface area contributed by atoms with Gasteiger partial charge in [-0.2, -0.15) is 0 Å². The van der Waals surface area contributed by atoms with Gasteiger partial charge >= 0.3 is 0 Å². The molecule has 0 aliphatic rings. The lowest BCUT2D eigenvalue weighted by Crippen LogP contribution is -2.15. The number of aromatic nitrogens is 4. The van der Waals surface area contributed by atoms with E-state index >= 15 is 0 Å². The summed E-state index contributed by atoms with van der Waals surface area (Å²) in [5, 5.41) is 16.1. The van der Waals surface area contributed by atoms with Crippen molar-refractivity contribution in [3.05, 3.63) is 22.7 Å². The Morgan fingerprint density at radius 2 is 2.21 bits per heavy atom. The fourth-order valence-corrected chi connectivity index (χ4v) is 3.22. The first-order chi connectivity index (χ1) is 11.7. The first kappa shape index (κ1) is 18.8. The maximum atomic E-state index is 6.25. The third-order valence-corrected chi connectivity index (χ3v) is 4.59. The van der Waals surface area contributed by atoms with Gasteiger partial charge in [-0.15, -0.1) is 5.10 Å². The number of thioether (sulfide) groups is 1. The average molecular weight is 372 g/mol. The van der Waals surface area contributed by atoms with E-state index in [1.54, 1.807) is 23.6 Å². The number of hydrogen-bond donors (Lipinski definition) is 1. The van der Waals surface area contributed by atoms with Crippen molar-refractivity contribution in [3.8, 4) is 11.5 Å². The Hall–Kier alpha value is -1.51. The highest BCUT2D eigenvalue weighted by atomic mass is 35.5. The van der Waals surface area contributed by atoms with Gasteiger partial charge in [0, 0.05) is 19.3 Å². The van der Waals surface area contributed by atoms with Crippen LogP contribution in [0, 0.1) is 0 Å². The minimum atomic E-state index is 0.561. The van der Waals surface area contributed by atoms with Crippen molar-refractivity contribution in [2.24, 2.45) is 7.05 Å². The Kier molecular flexibility index (Phi) is 7.61. The third-order valence-electron chi connectivity index (χ3n) is 3.21. The summed E-state index contributed by atoms with van der Waals surface area (Å²) in [6, 6.07) is 3.86. The number of nitrogens with zero attached hydrogens (tertiary/aromatic N) is 4. The molecule has 24 heavy (non-hydrogen) atoms. The lowest BCUT2D eigenvalue weighted by atomic mass is 10.2. The molecule has 0 bridgehead atoms. The summed E-state index contributed by atoms with van der Waals surface area (Å²) in [7, 11) is 3.43. The molecule has 0 saturated heterocycles. The molecule has 1 aromatic heterocycles. The topological polar surface area (TPSA) is 74.1 Å². The van der Waals surface area contributed by atoms with E-state index in [-0.39, 0.29) is 0 Å². The van der Waals surface area contributed by atoms with Crippen molar-refractivity contribution in [1.82, 2.24) is 25.5 Å².